The zero-order chi connectivity index (χ0) is 9.68. The van der Waals surface area contributed by atoms with Gasteiger partial charge < -0.3 is 4.42 Å². The summed E-state index contributed by atoms with van der Waals surface area (Å²) in [6.45, 7) is -1.72. The molecule has 0 amide bonds. The Morgan fingerprint density at radius 1 is 1.77 bits per heavy atom. The molecule has 0 fully saturated rings. The van der Waals surface area contributed by atoms with Gasteiger partial charge in [-0.2, -0.15) is 0 Å². The van der Waals surface area contributed by atoms with Crippen molar-refractivity contribution in [2.45, 2.75) is 6.42 Å². The number of hydrogen-bond donors (Lipinski definition) is 0. The average molecular weight is 239 g/mol. The molecular formula is C6H7ClNO3P2+. The zero-order valence-corrected chi connectivity index (χ0v) is 9.22. The summed E-state index contributed by atoms with van der Waals surface area (Å²) < 4.78 is 15.4. The highest BCUT2D eigenvalue weighted by Gasteiger charge is 2.16. The molecule has 2 unspecified atom stereocenters. The number of aromatic nitrogens is 1. The fraction of sp³-hybridized carbons (Fsp3) is 0.333. The molecule has 4 nitrogen and oxygen atoms in total. The summed E-state index contributed by atoms with van der Waals surface area (Å²) >= 11 is 5.23. The van der Waals surface area contributed by atoms with E-state index in [9.17, 15) is 9.36 Å². The molecule has 0 aliphatic rings. The van der Waals surface area contributed by atoms with Crippen LogP contribution in [0.4, 0.5) is 0 Å². The lowest BCUT2D eigenvalue weighted by Crippen LogP contribution is -2.04. The van der Waals surface area contributed by atoms with Crippen LogP contribution in [0.3, 0.4) is 0 Å². The Morgan fingerprint density at radius 2 is 2.54 bits per heavy atom. The Morgan fingerprint density at radius 3 is 3.08 bits per heavy atom. The van der Waals surface area contributed by atoms with Crippen molar-refractivity contribution in [1.82, 2.24) is 4.98 Å². The number of rotatable bonds is 5. The summed E-state index contributed by atoms with van der Waals surface area (Å²) in [5.41, 5.74) is 0. The lowest BCUT2D eigenvalue weighted by Gasteiger charge is -1.89. The number of carbonyl (C=O) groups is 1. The molecule has 1 aromatic rings. The molecular weight excluding hydrogens is 231 g/mol. The van der Waals surface area contributed by atoms with Crippen molar-refractivity contribution in [3.8, 4) is 0 Å². The predicted molar refractivity (Wildman–Crippen MR) is 51.9 cm³/mol. The number of carbonyl (C=O) groups excluding carboxylic acids is 1. The fourth-order valence-electron chi connectivity index (χ4n) is 0.722. The van der Waals surface area contributed by atoms with Crippen molar-refractivity contribution in [3.63, 3.8) is 0 Å². The highest BCUT2D eigenvalue weighted by molar-refractivity contribution is 8.27. The number of ketones is 1. The van der Waals surface area contributed by atoms with Crippen LogP contribution in [0.5, 0.6) is 0 Å². The molecule has 0 saturated carbocycles. The second-order valence-corrected chi connectivity index (χ2v) is 7.32. The summed E-state index contributed by atoms with van der Waals surface area (Å²) in [5.74, 6) is 0.337. The van der Waals surface area contributed by atoms with Gasteiger partial charge in [-0.25, -0.2) is 4.98 Å². The van der Waals surface area contributed by atoms with Crippen LogP contribution >= 0.6 is 26.4 Å². The molecule has 0 bridgehead atoms. The van der Waals surface area contributed by atoms with Gasteiger partial charge in [0.15, 0.2) is 8.27 Å². The van der Waals surface area contributed by atoms with Crippen LogP contribution in [0.2, 0.25) is 0 Å². The summed E-state index contributed by atoms with van der Waals surface area (Å²) in [7, 11) is -0.0141. The van der Waals surface area contributed by atoms with E-state index in [0.29, 0.717) is 5.89 Å². The topological polar surface area (TPSA) is 60.2 Å². The Hall–Kier alpha value is -0.300. The van der Waals surface area contributed by atoms with Crippen LogP contribution in [0.15, 0.2) is 16.9 Å². The molecule has 70 valence electrons. The van der Waals surface area contributed by atoms with Crippen LogP contribution in [0.25, 0.3) is 0 Å². The van der Waals surface area contributed by atoms with E-state index >= 15 is 0 Å². The number of Topliss-reactive ketones (excluding diaryl/α,β-unsaturated/α-hetero) is 1. The molecule has 1 aromatic heterocycles. The quantitative estimate of drug-likeness (QED) is 0.739. The standard InChI is InChI=1S/C6H7ClNO3P2/c7-13(10)12-4-5(9)3-6-8-1-2-11-6/h1-2,12H,3-4H2/q+1. The van der Waals surface area contributed by atoms with Crippen LogP contribution in [0.1, 0.15) is 5.89 Å². The van der Waals surface area contributed by atoms with E-state index in [4.69, 9.17) is 15.7 Å². The monoisotopic (exact) mass is 238 g/mol. The van der Waals surface area contributed by atoms with Crippen LogP contribution in [-0.4, -0.2) is 16.9 Å². The Labute approximate surface area is 82.3 Å². The second-order valence-electron chi connectivity index (χ2n) is 2.22. The van der Waals surface area contributed by atoms with E-state index in [-0.39, 0.29) is 26.6 Å². The van der Waals surface area contributed by atoms with Crippen molar-refractivity contribution in [3.05, 3.63) is 18.4 Å². The van der Waals surface area contributed by atoms with Crippen LogP contribution < -0.4 is 0 Å². The second kappa shape index (κ2) is 5.43. The van der Waals surface area contributed by atoms with Gasteiger partial charge in [0.25, 0.3) is 0 Å². The lowest BCUT2D eigenvalue weighted by atomic mass is 10.3. The van der Waals surface area contributed by atoms with Gasteiger partial charge in [-0.3, -0.25) is 4.79 Å². The van der Waals surface area contributed by atoms with Crippen molar-refractivity contribution in [1.29, 1.82) is 0 Å². The van der Waals surface area contributed by atoms with Crippen LogP contribution in [0, 0.1) is 0 Å². The summed E-state index contributed by atoms with van der Waals surface area (Å²) in [6, 6.07) is 0. The summed E-state index contributed by atoms with van der Waals surface area (Å²) in [5, 5.41) is 0. The Bertz CT molecular complexity index is 301. The number of halogens is 1. The number of hydrogen-bond acceptors (Lipinski definition) is 4. The third kappa shape index (κ3) is 4.47. The first kappa shape index (κ1) is 10.8. The van der Waals surface area contributed by atoms with Crippen molar-refractivity contribution >= 4 is 32.1 Å². The van der Waals surface area contributed by atoms with Crippen molar-refractivity contribution in [2.75, 3.05) is 6.16 Å². The fourth-order valence-corrected chi connectivity index (χ4v) is 2.59. The summed E-state index contributed by atoms with van der Waals surface area (Å²) in [4.78, 5) is 14.9. The van der Waals surface area contributed by atoms with Gasteiger partial charge in [0.1, 0.15) is 12.0 Å². The molecule has 0 saturated heterocycles. The molecule has 7 heteroatoms. The van der Waals surface area contributed by atoms with E-state index in [1.54, 1.807) is 0 Å². The Kier molecular flexibility index (Phi) is 4.51. The van der Waals surface area contributed by atoms with E-state index in [1.807, 2.05) is 0 Å². The lowest BCUT2D eigenvalue weighted by molar-refractivity contribution is -0.116. The SMILES string of the molecule is O=C(CP[P+](=O)Cl)Cc1ncco1. The van der Waals surface area contributed by atoms with Gasteiger partial charge in [0.05, 0.1) is 18.8 Å². The minimum atomic E-state index is -1.72. The predicted octanol–water partition coefficient (Wildman–Crippen LogP) is 2.36. The molecule has 0 radical (unpaired) electrons. The van der Waals surface area contributed by atoms with E-state index < -0.39 is 6.84 Å². The first-order chi connectivity index (χ1) is 6.18. The number of oxazole rings is 1. The molecule has 0 aromatic carbocycles. The van der Waals surface area contributed by atoms with Gasteiger partial charge >= 0.3 is 6.84 Å². The maximum absolute atomic E-state index is 11.1. The van der Waals surface area contributed by atoms with Crippen molar-refractivity contribution < 1.29 is 13.8 Å². The Balaban J connectivity index is 2.30. The van der Waals surface area contributed by atoms with E-state index in [1.165, 1.54) is 12.5 Å². The van der Waals surface area contributed by atoms with Gasteiger partial charge in [-0.1, -0.05) is 0 Å². The molecule has 1 rings (SSSR count). The van der Waals surface area contributed by atoms with Gasteiger partial charge in [0.2, 0.25) is 17.1 Å². The molecule has 1 heterocycles. The van der Waals surface area contributed by atoms with Crippen LogP contribution in [-0.2, 0) is 15.8 Å². The average Bonchev–Trinajstić information content (AvgIpc) is 2.53. The third-order valence-corrected chi connectivity index (χ3v) is 4.33. The smallest absolute Gasteiger partial charge is 0.449 e. The minimum Gasteiger partial charge on any atom is -0.449 e. The number of nitrogens with zero attached hydrogens (tertiary/aromatic N) is 1. The highest BCUT2D eigenvalue weighted by atomic mass is 35.7. The molecule has 2 atom stereocenters. The normalized spacial score (nSPS) is 12.2. The molecule has 0 aliphatic heterocycles. The molecule has 0 aliphatic carbocycles. The largest absolute Gasteiger partial charge is 0.467 e. The molecule has 13 heavy (non-hydrogen) atoms. The van der Waals surface area contributed by atoms with Gasteiger partial charge in [-0.15, -0.1) is 0 Å². The highest BCUT2D eigenvalue weighted by Crippen LogP contribution is 2.48. The van der Waals surface area contributed by atoms with Crippen molar-refractivity contribution in [2.24, 2.45) is 0 Å². The summed E-state index contributed by atoms with van der Waals surface area (Å²) in [6.07, 6.45) is 3.28. The first-order valence-electron chi connectivity index (χ1n) is 3.45. The molecule has 0 N–H and O–H groups in total. The minimum absolute atomic E-state index is 0.0141. The van der Waals surface area contributed by atoms with Gasteiger partial charge in [0, 0.05) is 0 Å². The first-order valence-corrected chi connectivity index (χ1v) is 7.66. The maximum atomic E-state index is 11.1. The third-order valence-electron chi connectivity index (χ3n) is 1.23. The maximum Gasteiger partial charge on any atom is 0.467 e. The van der Waals surface area contributed by atoms with E-state index in [2.05, 4.69) is 4.98 Å². The van der Waals surface area contributed by atoms with E-state index in [0.717, 1.165) is 0 Å². The zero-order valence-electron chi connectivity index (χ0n) is 6.57. The molecule has 0 spiro atoms. The van der Waals surface area contributed by atoms with Gasteiger partial charge in [-0.05, 0) is 4.57 Å².